The summed E-state index contributed by atoms with van der Waals surface area (Å²) in [6.45, 7) is 7.82. The van der Waals surface area contributed by atoms with Crippen molar-refractivity contribution in [1.29, 1.82) is 0 Å². The average molecular weight is 254 g/mol. The van der Waals surface area contributed by atoms with E-state index in [1.165, 1.54) is 6.07 Å². The van der Waals surface area contributed by atoms with Crippen LogP contribution in [0.3, 0.4) is 0 Å². The lowest BCUT2D eigenvalue weighted by atomic mass is 9.90. The minimum Gasteiger partial charge on any atom is -0.379 e. The molecule has 3 N–H and O–H groups in total. The number of ether oxygens (including phenoxy) is 1. The number of benzene rings is 1. The van der Waals surface area contributed by atoms with Crippen LogP contribution in [0.25, 0.3) is 0 Å². The van der Waals surface area contributed by atoms with Gasteiger partial charge in [-0.1, -0.05) is 19.9 Å². The Kier molecular flexibility index (Phi) is 5.26. The Balaban J connectivity index is 3.24. The molecule has 2 unspecified atom stereocenters. The molecule has 0 heterocycles. The minimum atomic E-state index is -0.351. The summed E-state index contributed by atoms with van der Waals surface area (Å²) < 4.78 is 19.6. The van der Waals surface area contributed by atoms with Crippen LogP contribution in [0.5, 0.6) is 0 Å². The predicted octanol–water partition coefficient (Wildman–Crippen LogP) is 2.62. The number of nitrogens with one attached hydrogen (secondary N) is 1. The number of aryl methyl sites for hydroxylation is 2. The molecule has 0 aliphatic rings. The fraction of sp³-hybridized carbons (Fsp3) is 0.571. The van der Waals surface area contributed by atoms with Crippen LogP contribution in [-0.2, 0) is 4.74 Å². The maximum Gasteiger partial charge on any atom is 0.128 e. The summed E-state index contributed by atoms with van der Waals surface area (Å²) in [5.74, 6) is 5.59. The van der Waals surface area contributed by atoms with Crippen molar-refractivity contribution >= 4 is 0 Å². The van der Waals surface area contributed by atoms with Crippen LogP contribution in [0, 0.1) is 25.6 Å². The summed E-state index contributed by atoms with van der Waals surface area (Å²) in [5, 5.41) is 0. The van der Waals surface area contributed by atoms with E-state index in [-0.39, 0.29) is 23.9 Å². The van der Waals surface area contributed by atoms with Crippen LogP contribution < -0.4 is 11.3 Å². The minimum absolute atomic E-state index is 0.175. The van der Waals surface area contributed by atoms with Crippen molar-refractivity contribution in [2.45, 2.75) is 39.8 Å². The first-order chi connectivity index (χ1) is 8.42. The van der Waals surface area contributed by atoms with Gasteiger partial charge in [-0.15, -0.1) is 0 Å². The highest BCUT2D eigenvalue weighted by Crippen LogP contribution is 2.29. The van der Waals surface area contributed by atoms with Crippen molar-refractivity contribution in [3.05, 3.63) is 34.6 Å². The van der Waals surface area contributed by atoms with E-state index in [0.29, 0.717) is 5.56 Å². The maximum absolute atomic E-state index is 14.2. The van der Waals surface area contributed by atoms with Gasteiger partial charge < -0.3 is 4.74 Å². The van der Waals surface area contributed by atoms with Gasteiger partial charge in [0.1, 0.15) is 5.82 Å². The monoisotopic (exact) mass is 254 g/mol. The molecule has 0 amide bonds. The molecule has 0 bridgehead atoms. The predicted molar refractivity (Wildman–Crippen MR) is 71.6 cm³/mol. The van der Waals surface area contributed by atoms with Gasteiger partial charge in [0, 0.05) is 12.7 Å². The van der Waals surface area contributed by atoms with Crippen LogP contribution in [0.1, 0.15) is 36.6 Å². The molecule has 0 saturated heterocycles. The van der Waals surface area contributed by atoms with E-state index in [1.54, 1.807) is 7.11 Å². The molecule has 2 atom stereocenters. The van der Waals surface area contributed by atoms with E-state index in [1.807, 2.05) is 33.8 Å². The highest BCUT2D eigenvalue weighted by atomic mass is 19.1. The lowest BCUT2D eigenvalue weighted by molar-refractivity contribution is 0.0314. The Morgan fingerprint density at radius 3 is 2.28 bits per heavy atom. The van der Waals surface area contributed by atoms with Gasteiger partial charge in [-0.3, -0.25) is 11.3 Å². The van der Waals surface area contributed by atoms with Crippen LogP contribution >= 0.6 is 0 Å². The van der Waals surface area contributed by atoms with E-state index < -0.39 is 0 Å². The second kappa shape index (κ2) is 6.27. The zero-order valence-electron chi connectivity index (χ0n) is 11.8. The molecule has 1 aromatic carbocycles. The van der Waals surface area contributed by atoms with Gasteiger partial charge in [0.05, 0.1) is 12.1 Å². The molecule has 4 heteroatoms. The van der Waals surface area contributed by atoms with E-state index >= 15 is 0 Å². The number of rotatable bonds is 5. The molecule has 18 heavy (non-hydrogen) atoms. The summed E-state index contributed by atoms with van der Waals surface area (Å²) in [6, 6.07) is 3.13. The van der Waals surface area contributed by atoms with E-state index in [0.717, 1.165) is 11.1 Å². The Morgan fingerprint density at radius 2 is 1.89 bits per heavy atom. The topological polar surface area (TPSA) is 47.3 Å². The first-order valence-electron chi connectivity index (χ1n) is 6.18. The van der Waals surface area contributed by atoms with E-state index in [4.69, 9.17) is 10.6 Å². The first-order valence-corrected chi connectivity index (χ1v) is 6.18. The lowest BCUT2D eigenvalue weighted by Gasteiger charge is -2.30. The third-order valence-electron chi connectivity index (χ3n) is 3.23. The number of methoxy groups -OCH3 is 1. The summed E-state index contributed by atoms with van der Waals surface area (Å²) in [4.78, 5) is 0. The molecule has 0 saturated carbocycles. The number of hydrogen-bond acceptors (Lipinski definition) is 3. The molecule has 102 valence electrons. The number of hydrazine groups is 1. The zero-order chi connectivity index (χ0) is 13.9. The van der Waals surface area contributed by atoms with Gasteiger partial charge in [0.15, 0.2) is 0 Å². The molecular weight excluding hydrogens is 231 g/mol. The number of hydrogen-bond donors (Lipinski definition) is 2. The molecule has 0 radical (unpaired) electrons. The third kappa shape index (κ3) is 3.07. The Bertz CT molecular complexity index is 384. The Morgan fingerprint density at radius 1 is 1.28 bits per heavy atom. The van der Waals surface area contributed by atoms with Gasteiger partial charge in [0.25, 0.3) is 0 Å². The fourth-order valence-electron chi connectivity index (χ4n) is 2.46. The quantitative estimate of drug-likeness (QED) is 0.627. The zero-order valence-corrected chi connectivity index (χ0v) is 11.8. The summed E-state index contributed by atoms with van der Waals surface area (Å²) >= 11 is 0. The standard InChI is InChI=1S/C14H23FN2O/c1-8(2)14(18-5)13(17-16)12-10(4)6-9(3)7-11(12)15/h6-8,13-14,17H,16H2,1-5H3. The van der Waals surface area contributed by atoms with Gasteiger partial charge in [-0.05, 0) is 37.0 Å². The SMILES string of the molecule is COC(C(C)C)C(NN)c1c(C)cc(C)cc1F. The highest BCUT2D eigenvalue weighted by Gasteiger charge is 2.28. The normalized spacial score (nSPS) is 14.9. The molecule has 0 fully saturated rings. The van der Waals surface area contributed by atoms with Gasteiger partial charge in [0.2, 0.25) is 0 Å². The highest BCUT2D eigenvalue weighted by molar-refractivity contribution is 5.35. The summed E-state index contributed by atoms with van der Waals surface area (Å²) in [7, 11) is 1.62. The van der Waals surface area contributed by atoms with Crippen molar-refractivity contribution in [3.63, 3.8) is 0 Å². The molecule has 1 rings (SSSR count). The molecule has 3 nitrogen and oxygen atoms in total. The molecule has 0 spiro atoms. The Hall–Kier alpha value is -0.970. The number of nitrogens with two attached hydrogens (primary N) is 1. The van der Waals surface area contributed by atoms with Crippen LogP contribution in [0.15, 0.2) is 12.1 Å². The van der Waals surface area contributed by atoms with E-state index in [9.17, 15) is 4.39 Å². The first kappa shape index (κ1) is 15.1. The van der Waals surface area contributed by atoms with Gasteiger partial charge in [-0.2, -0.15) is 0 Å². The molecular formula is C14H23FN2O. The van der Waals surface area contributed by atoms with Crippen LogP contribution in [0.4, 0.5) is 4.39 Å². The largest absolute Gasteiger partial charge is 0.379 e. The molecule has 0 aromatic heterocycles. The molecule has 1 aromatic rings. The van der Waals surface area contributed by atoms with Crippen molar-refractivity contribution in [2.75, 3.05) is 7.11 Å². The van der Waals surface area contributed by atoms with Gasteiger partial charge in [-0.25, -0.2) is 4.39 Å². The second-order valence-electron chi connectivity index (χ2n) is 5.07. The maximum atomic E-state index is 14.2. The van der Waals surface area contributed by atoms with E-state index in [2.05, 4.69) is 5.43 Å². The fourth-order valence-corrected chi connectivity index (χ4v) is 2.46. The molecule has 0 aliphatic carbocycles. The molecule has 0 aliphatic heterocycles. The van der Waals surface area contributed by atoms with Crippen molar-refractivity contribution in [1.82, 2.24) is 5.43 Å². The van der Waals surface area contributed by atoms with Crippen molar-refractivity contribution in [2.24, 2.45) is 11.8 Å². The lowest BCUT2D eigenvalue weighted by Crippen LogP contribution is -2.41. The second-order valence-corrected chi connectivity index (χ2v) is 5.07. The smallest absolute Gasteiger partial charge is 0.128 e. The van der Waals surface area contributed by atoms with Crippen LogP contribution in [-0.4, -0.2) is 13.2 Å². The summed E-state index contributed by atoms with van der Waals surface area (Å²) in [6.07, 6.45) is -0.175. The Labute approximate surface area is 108 Å². The summed E-state index contributed by atoms with van der Waals surface area (Å²) in [5.41, 5.74) is 5.07. The van der Waals surface area contributed by atoms with Crippen molar-refractivity contribution < 1.29 is 9.13 Å². The van der Waals surface area contributed by atoms with Crippen LogP contribution in [0.2, 0.25) is 0 Å². The van der Waals surface area contributed by atoms with Crippen molar-refractivity contribution in [3.8, 4) is 0 Å². The third-order valence-corrected chi connectivity index (χ3v) is 3.23. The average Bonchev–Trinajstić information content (AvgIpc) is 2.25. The van der Waals surface area contributed by atoms with Gasteiger partial charge >= 0.3 is 0 Å². The number of halogens is 1.